The van der Waals surface area contributed by atoms with Crippen LogP contribution in [0.15, 0.2) is 42.5 Å². The van der Waals surface area contributed by atoms with Crippen molar-refractivity contribution in [1.82, 2.24) is 29.9 Å². The van der Waals surface area contributed by atoms with Gasteiger partial charge in [0, 0.05) is 41.4 Å². The number of sulfone groups is 1. The van der Waals surface area contributed by atoms with Gasteiger partial charge in [0.25, 0.3) is 5.92 Å². The zero-order valence-corrected chi connectivity index (χ0v) is 40.3. The third-order valence-electron chi connectivity index (χ3n) is 11.8. The highest BCUT2D eigenvalue weighted by atomic mass is 35.5. The summed E-state index contributed by atoms with van der Waals surface area (Å²) in [4.78, 5) is 44.2. The van der Waals surface area contributed by atoms with Gasteiger partial charge in [-0.3, -0.25) is 23.7 Å². The van der Waals surface area contributed by atoms with Crippen LogP contribution in [0.25, 0.3) is 22.0 Å². The van der Waals surface area contributed by atoms with Gasteiger partial charge in [0.2, 0.25) is 21.8 Å². The molecule has 0 aliphatic heterocycles. The zero-order chi connectivity index (χ0) is 53.4. The van der Waals surface area contributed by atoms with E-state index in [-0.39, 0.29) is 42.5 Å². The lowest BCUT2D eigenvalue weighted by atomic mass is 9.93. The Balaban J connectivity index is 1.48. The number of benzene rings is 2. The largest absolute Gasteiger partial charge is 0.469 e. The number of rotatable bonds is 14. The Kier molecular flexibility index (Phi) is 13.9. The van der Waals surface area contributed by atoms with Crippen molar-refractivity contribution in [2.24, 2.45) is 5.92 Å². The van der Waals surface area contributed by atoms with Crippen molar-refractivity contribution >= 4 is 66.0 Å². The first-order valence-corrected chi connectivity index (χ1v) is 25.1. The lowest BCUT2D eigenvalue weighted by molar-refractivity contribution is -0.143. The predicted molar refractivity (Wildman–Crippen MR) is 236 cm³/mol. The average Bonchev–Trinajstić information content (AvgIpc) is 3.76. The molecule has 0 saturated heterocycles. The standard InChI is InChI=1S/C44H38ClF10N7O8S2/c1-41(2,71(4,66)67)13-12-24-6-7-25(26-8-9-29(45)35-37(26)61(20-42(48,49)50)59-40(35)62(72(5,68)69)32(64)10-11-33(65)70-3)36(56-24)30(16-21-14-22(46)17-23(47)15-21)57-31(63)19-60-39-34(38(58-60)44(53,54)55)27-18-28(27)43(39,51)52/h6-9,14-15,17,27-28,30H,10-11,16,18-20H2,1-5H3,(H,57,63)/t27?,28-,30+/m1/s1. The third kappa shape index (κ3) is 10.8. The van der Waals surface area contributed by atoms with Crippen LogP contribution in [0, 0.1) is 29.4 Å². The summed E-state index contributed by atoms with van der Waals surface area (Å²) in [6, 6.07) is 4.67. The first kappa shape index (κ1) is 53.5. The second kappa shape index (κ2) is 18.6. The maximum absolute atomic E-state index is 15.6. The number of nitrogens with one attached hydrogen (secondary N) is 1. The second-order valence-electron chi connectivity index (χ2n) is 17.5. The number of hydrogen-bond donors (Lipinski definition) is 1. The van der Waals surface area contributed by atoms with Gasteiger partial charge in [-0.2, -0.15) is 49.6 Å². The molecule has 0 spiro atoms. The van der Waals surface area contributed by atoms with Gasteiger partial charge in [-0.15, -0.1) is 0 Å². The molecule has 0 bridgehead atoms. The van der Waals surface area contributed by atoms with Crippen molar-refractivity contribution in [2.75, 3.05) is 23.9 Å². The summed E-state index contributed by atoms with van der Waals surface area (Å²) in [5.41, 5.74) is -6.01. The first-order valence-electron chi connectivity index (χ1n) is 21.0. The van der Waals surface area contributed by atoms with Gasteiger partial charge in [0.1, 0.15) is 40.9 Å². The van der Waals surface area contributed by atoms with E-state index >= 15 is 8.78 Å². The Hall–Kier alpha value is -6.27. The molecule has 386 valence electrons. The minimum Gasteiger partial charge on any atom is -0.469 e. The quantitative estimate of drug-likeness (QED) is 0.0657. The minimum absolute atomic E-state index is 0.0208. The number of sulfonamides is 1. The molecule has 2 aliphatic rings. The van der Waals surface area contributed by atoms with Gasteiger partial charge in [-0.25, -0.2) is 30.6 Å². The molecule has 15 nitrogen and oxygen atoms in total. The van der Waals surface area contributed by atoms with Crippen molar-refractivity contribution < 1.29 is 79.9 Å². The molecule has 2 aromatic carbocycles. The number of aromatic nitrogens is 5. The molecular weight excluding hydrogens is 1040 g/mol. The first-order chi connectivity index (χ1) is 33.1. The number of nitrogens with zero attached hydrogens (tertiary/aromatic N) is 6. The number of anilines is 1. The fourth-order valence-electron chi connectivity index (χ4n) is 8.27. The Morgan fingerprint density at radius 3 is 2.17 bits per heavy atom. The van der Waals surface area contributed by atoms with Gasteiger partial charge in [-0.05, 0) is 74.4 Å². The highest BCUT2D eigenvalue weighted by molar-refractivity contribution is 7.93. The van der Waals surface area contributed by atoms with Gasteiger partial charge in [0.15, 0.2) is 21.3 Å². The van der Waals surface area contributed by atoms with Crippen LogP contribution in [0.1, 0.15) is 79.0 Å². The fraction of sp³-hybridized carbons (Fsp3) is 0.409. The molecule has 7 rings (SSSR count). The normalized spacial score (nSPS) is 16.9. The molecule has 2 aliphatic carbocycles. The van der Waals surface area contributed by atoms with Crippen LogP contribution in [0.4, 0.5) is 49.7 Å². The number of carbonyl (C=O) groups excluding carboxylic acids is 3. The van der Waals surface area contributed by atoms with Crippen molar-refractivity contribution in [2.45, 2.75) is 87.6 Å². The Morgan fingerprint density at radius 1 is 0.944 bits per heavy atom. The van der Waals surface area contributed by atoms with Crippen LogP contribution in [-0.2, 0) is 70.6 Å². The molecule has 1 saturated carbocycles. The van der Waals surface area contributed by atoms with Crippen molar-refractivity contribution in [3.05, 3.63) is 93.0 Å². The van der Waals surface area contributed by atoms with E-state index in [4.69, 9.17) is 11.6 Å². The molecule has 72 heavy (non-hydrogen) atoms. The van der Waals surface area contributed by atoms with Crippen molar-refractivity contribution in [3.8, 4) is 23.0 Å². The number of hydrogen-bond acceptors (Lipinski definition) is 11. The molecule has 28 heteroatoms. The van der Waals surface area contributed by atoms with Crippen molar-refractivity contribution in [3.63, 3.8) is 0 Å². The molecule has 3 heterocycles. The smallest absolute Gasteiger partial charge is 0.435 e. The second-order valence-corrected chi connectivity index (χ2v) is 22.3. The molecule has 1 unspecified atom stereocenters. The van der Waals surface area contributed by atoms with E-state index in [0.29, 0.717) is 12.3 Å². The van der Waals surface area contributed by atoms with Crippen LogP contribution < -0.4 is 9.62 Å². The number of ether oxygens (including phenoxy) is 1. The predicted octanol–water partition coefficient (Wildman–Crippen LogP) is 7.54. The van der Waals surface area contributed by atoms with E-state index in [1.165, 1.54) is 13.8 Å². The molecule has 0 radical (unpaired) electrons. The third-order valence-corrected chi connectivity index (χ3v) is 15.1. The van der Waals surface area contributed by atoms with E-state index in [9.17, 15) is 66.3 Å². The van der Waals surface area contributed by atoms with E-state index < -0.39 is 167 Å². The number of methoxy groups -OCH3 is 1. The topological polar surface area (TPSA) is 193 Å². The minimum atomic E-state index is -5.23. The zero-order valence-electron chi connectivity index (χ0n) is 37.9. The summed E-state index contributed by atoms with van der Waals surface area (Å²) < 4.78 is 202. The number of fused-ring (bicyclic) bond motifs is 4. The summed E-state index contributed by atoms with van der Waals surface area (Å²) in [6.45, 7) is -0.851. The van der Waals surface area contributed by atoms with Gasteiger partial charge >= 0.3 is 18.3 Å². The molecule has 5 aromatic rings. The summed E-state index contributed by atoms with van der Waals surface area (Å²) >= 11 is 6.60. The highest BCUT2D eigenvalue weighted by Gasteiger charge is 2.68. The van der Waals surface area contributed by atoms with E-state index in [0.717, 1.165) is 49.8 Å². The van der Waals surface area contributed by atoms with E-state index in [1.54, 1.807) is 0 Å². The maximum atomic E-state index is 15.6. The molecule has 3 aromatic heterocycles. The molecule has 3 atom stereocenters. The lowest BCUT2D eigenvalue weighted by Crippen LogP contribution is -2.37. The highest BCUT2D eigenvalue weighted by Crippen LogP contribution is 2.68. The van der Waals surface area contributed by atoms with Crippen LogP contribution >= 0.6 is 11.6 Å². The molecule has 1 fully saturated rings. The monoisotopic (exact) mass is 1080 g/mol. The van der Waals surface area contributed by atoms with Crippen LogP contribution in [-0.4, -0.2) is 89.7 Å². The molecule has 2 amide bonds. The van der Waals surface area contributed by atoms with Gasteiger partial charge in [-0.1, -0.05) is 23.6 Å². The Bertz CT molecular complexity index is 3350. The molecule has 1 N–H and O–H groups in total. The van der Waals surface area contributed by atoms with Crippen LogP contribution in [0.2, 0.25) is 5.02 Å². The number of pyridine rings is 1. The van der Waals surface area contributed by atoms with Gasteiger partial charge in [0.05, 0.1) is 47.4 Å². The fourth-order valence-corrected chi connectivity index (χ4v) is 9.65. The van der Waals surface area contributed by atoms with Crippen LogP contribution in [0.5, 0.6) is 0 Å². The summed E-state index contributed by atoms with van der Waals surface area (Å²) in [5.74, 6) is -8.44. The van der Waals surface area contributed by atoms with Crippen molar-refractivity contribution in [1.29, 1.82) is 0 Å². The van der Waals surface area contributed by atoms with E-state index in [1.807, 2.05) is 0 Å². The Labute approximate surface area is 407 Å². The average molecular weight is 1080 g/mol. The summed E-state index contributed by atoms with van der Waals surface area (Å²) in [6.07, 6.45) is -11.5. The van der Waals surface area contributed by atoms with Crippen LogP contribution in [0.3, 0.4) is 0 Å². The molecular formula is C44H38ClF10N7O8S2. The number of halogens is 11. The SMILES string of the molecule is COC(=O)CCC(=O)N(c1nn(CC(F)(F)F)c2c(-c3ccc(C#CC(C)(C)S(C)(=O)=O)nc3[C@H](Cc3cc(F)cc(F)c3)NC(=O)Cn3nc(C(F)(F)F)c4c3C(F)(F)[C@@H]3CC43)ccc(Cl)c12)S(C)(=O)=O. The maximum Gasteiger partial charge on any atom is 0.435 e. The number of carbonyl (C=O) groups is 3. The number of amides is 2. The van der Waals surface area contributed by atoms with Gasteiger partial charge < -0.3 is 10.1 Å². The number of esters is 1. The number of alkyl halides is 8. The van der Waals surface area contributed by atoms with E-state index in [2.05, 4.69) is 37.1 Å². The Morgan fingerprint density at radius 2 is 1.58 bits per heavy atom. The summed E-state index contributed by atoms with van der Waals surface area (Å²) in [7, 11) is -7.76. The summed E-state index contributed by atoms with van der Waals surface area (Å²) in [5, 5.41) is 8.57. The lowest BCUT2D eigenvalue weighted by Gasteiger charge is -2.23.